The van der Waals surface area contributed by atoms with E-state index in [1.165, 1.54) is 16.6 Å². The highest BCUT2D eigenvalue weighted by Gasteiger charge is 2.30. The number of nitrogens with zero attached hydrogens (tertiary/aromatic N) is 5. The van der Waals surface area contributed by atoms with Gasteiger partial charge in [-0.05, 0) is 65.6 Å². The summed E-state index contributed by atoms with van der Waals surface area (Å²) in [6.45, 7) is 2.88. The van der Waals surface area contributed by atoms with Crippen LogP contribution in [-0.4, -0.2) is 49.0 Å². The molecule has 0 unspecified atom stereocenters. The van der Waals surface area contributed by atoms with Crippen molar-refractivity contribution < 1.29 is 19.5 Å². The second kappa shape index (κ2) is 11.0. The first kappa shape index (κ1) is 29.6. The first-order chi connectivity index (χ1) is 22.5. The Morgan fingerprint density at radius 2 is 1.81 bits per heavy atom. The van der Waals surface area contributed by atoms with E-state index in [2.05, 4.69) is 25.7 Å². The van der Waals surface area contributed by atoms with Crippen LogP contribution in [-0.2, 0) is 25.9 Å². The SMILES string of the molecule is Cc1c(C(=O)O)ccc2c1CC[C@@H]2NC(=O)c1cc(C(=O)NCc2ccc3c(c2)CN(c2c(N)c(=O)c2=O)CC3)nc2nc(N)nn12. The zero-order valence-electron chi connectivity index (χ0n) is 25.2. The van der Waals surface area contributed by atoms with E-state index in [9.17, 15) is 29.1 Å². The molecule has 3 aromatic carbocycles. The van der Waals surface area contributed by atoms with Gasteiger partial charge in [-0.25, -0.2) is 9.78 Å². The predicted molar refractivity (Wildman–Crippen MR) is 170 cm³/mol. The van der Waals surface area contributed by atoms with Crippen molar-refractivity contribution in [3.63, 3.8) is 0 Å². The number of carbonyl (C=O) groups is 3. The smallest absolute Gasteiger partial charge is 0.335 e. The lowest BCUT2D eigenvalue weighted by atomic mass is 9.96. The van der Waals surface area contributed by atoms with Crippen LogP contribution in [0.15, 0.2) is 46.0 Å². The van der Waals surface area contributed by atoms with Crippen molar-refractivity contribution in [1.82, 2.24) is 30.2 Å². The molecule has 2 aliphatic rings. The van der Waals surface area contributed by atoms with Gasteiger partial charge in [0.25, 0.3) is 28.4 Å². The molecule has 15 heteroatoms. The van der Waals surface area contributed by atoms with Crippen molar-refractivity contribution in [1.29, 1.82) is 0 Å². The van der Waals surface area contributed by atoms with Crippen LogP contribution in [0.25, 0.3) is 5.78 Å². The molecule has 2 amide bonds. The number of aromatic nitrogens is 4. The van der Waals surface area contributed by atoms with Crippen molar-refractivity contribution in [2.24, 2.45) is 0 Å². The van der Waals surface area contributed by atoms with Gasteiger partial charge in [-0.1, -0.05) is 24.3 Å². The van der Waals surface area contributed by atoms with Gasteiger partial charge in [-0.15, -0.1) is 5.10 Å². The third-order valence-electron chi connectivity index (χ3n) is 9.00. The first-order valence-corrected chi connectivity index (χ1v) is 14.9. The third kappa shape index (κ3) is 5.01. The summed E-state index contributed by atoms with van der Waals surface area (Å²) in [7, 11) is 0. The normalized spacial score (nSPS) is 15.4. The van der Waals surface area contributed by atoms with E-state index in [0.29, 0.717) is 37.9 Å². The van der Waals surface area contributed by atoms with Crippen LogP contribution in [0.3, 0.4) is 0 Å². The molecule has 0 saturated heterocycles. The monoisotopic (exact) mass is 635 g/mol. The van der Waals surface area contributed by atoms with Crippen LogP contribution < -0.4 is 37.9 Å². The summed E-state index contributed by atoms with van der Waals surface area (Å²) in [5.41, 5.74) is 16.0. The number of fused-ring (bicyclic) bond motifs is 3. The molecule has 238 valence electrons. The minimum absolute atomic E-state index is 0.00292. The standard InChI is InChI=1S/C32H29N9O6/c1-14-18-6-7-21(20(18)5-4-19(14)30(46)47)36-29(45)23-11-22(37-32-38-31(34)39-41(23)32)28(44)35-12-15-2-3-16-8-9-40(13-17(16)10-15)25-24(33)26(42)27(25)43/h2-5,10-11,21H,6-9,12-13,33H2,1H3,(H2,34,39)(H,35,44)(H,36,45)(H,46,47)/t21-/m0/s1. The molecule has 1 aliphatic heterocycles. The van der Waals surface area contributed by atoms with Gasteiger partial charge in [-0.3, -0.25) is 19.2 Å². The molecule has 0 bridgehead atoms. The zero-order chi connectivity index (χ0) is 33.1. The number of benzene rings is 2. The molecule has 0 radical (unpaired) electrons. The Labute approximate surface area is 265 Å². The molecule has 0 spiro atoms. The quantitative estimate of drug-likeness (QED) is 0.157. The maximum Gasteiger partial charge on any atom is 0.335 e. The Morgan fingerprint density at radius 1 is 1.00 bits per heavy atom. The number of amides is 2. The van der Waals surface area contributed by atoms with E-state index < -0.39 is 28.6 Å². The number of rotatable bonds is 7. The van der Waals surface area contributed by atoms with Gasteiger partial charge >= 0.3 is 5.97 Å². The number of hydrogen-bond donors (Lipinski definition) is 5. The molecule has 7 rings (SSSR count). The fourth-order valence-corrected chi connectivity index (χ4v) is 6.55. The molecule has 0 fully saturated rings. The Morgan fingerprint density at radius 3 is 2.57 bits per heavy atom. The number of carbonyl (C=O) groups excluding carboxylic acids is 2. The van der Waals surface area contributed by atoms with E-state index in [-0.39, 0.29) is 52.6 Å². The van der Waals surface area contributed by atoms with Gasteiger partial charge in [-0.2, -0.15) is 9.50 Å². The minimum Gasteiger partial charge on any atom is -0.478 e. The van der Waals surface area contributed by atoms with E-state index in [0.717, 1.165) is 27.8 Å². The van der Waals surface area contributed by atoms with E-state index in [1.54, 1.807) is 17.9 Å². The molecule has 3 heterocycles. The van der Waals surface area contributed by atoms with Crippen LogP contribution >= 0.6 is 0 Å². The summed E-state index contributed by atoms with van der Waals surface area (Å²) in [5, 5.41) is 19.4. The molecule has 1 aliphatic carbocycles. The lowest BCUT2D eigenvalue weighted by molar-refractivity contribution is 0.0695. The second-order valence-electron chi connectivity index (χ2n) is 11.8. The highest BCUT2D eigenvalue weighted by atomic mass is 16.4. The molecule has 5 aromatic rings. The van der Waals surface area contributed by atoms with Gasteiger partial charge < -0.3 is 32.1 Å². The number of nitrogen functional groups attached to an aromatic ring is 2. The van der Waals surface area contributed by atoms with Gasteiger partial charge in [0.2, 0.25) is 5.95 Å². The van der Waals surface area contributed by atoms with Crippen molar-refractivity contribution in [3.05, 3.63) is 107 Å². The number of aromatic carboxylic acids is 1. The Hall–Kier alpha value is -6.12. The van der Waals surface area contributed by atoms with E-state index in [1.807, 2.05) is 18.2 Å². The van der Waals surface area contributed by atoms with Crippen molar-refractivity contribution >= 4 is 40.9 Å². The zero-order valence-corrected chi connectivity index (χ0v) is 25.2. The topological polar surface area (TPSA) is 228 Å². The lowest BCUT2D eigenvalue weighted by Crippen LogP contribution is -2.44. The molecule has 0 saturated carbocycles. The fourth-order valence-electron chi connectivity index (χ4n) is 6.55. The van der Waals surface area contributed by atoms with Crippen LogP contribution in [0.5, 0.6) is 0 Å². The van der Waals surface area contributed by atoms with Gasteiger partial charge in [0.05, 0.1) is 11.6 Å². The van der Waals surface area contributed by atoms with Crippen LogP contribution in [0.1, 0.15) is 77.2 Å². The second-order valence-corrected chi connectivity index (χ2v) is 11.8. The van der Waals surface area contributed by atoms with E-state index in [4.69, 9.17) is 11.5 Å². The molecule has 7 N–H and O–H groups in total. The molecule has 1 atom stereocenters. The summed E-state index contributed by atoms with van der Waals surface area (Å²) in [6, 6.07) is 9.99. The van der Waals surface area contributed by atoms with Crippen molar-refractivity contribution in [2.45, 2.75) is 45.3 Å². The Bertz CT molecular complexity index is 2230. The molecular weight excluding hydrogens is 606 g/mol. The lowest BCUT2D eigenvalue weighted by Gasteiger charge is -2.32. The number of anilines is 3. The minimum atomic E-state index is -1.01. The number of carboxylic acid groups (broad SMARTS) is 1. The van der Waals surface area contributed by atoms with Crippen molar-refractivity contribution in [3.8, 4) is 0 Å². The van der Waals surface area contributed by atoms with E-state index >= 15 is 0 Å². The maximum atomic E-state index is 13.6. The average molecular weight is 636 g/mol. The number of nitrogens with one attached hydrogen (secondary N) is 2. The molecular formula is C32H29N9O6. The highest BCUT2D eigenvalue weighted by Crippen LogP contribution is 2.35. The fraction of sp³-hybridized carbons (Fsp3) is 0.250. The average Bonchev–Trinajstić information content (AvgIpc) is 3.65. The number of nitrogens with two attached hydrogens (primary N) is 2. The predicted octanol–water partition coefficient (Wildman–Crippen LogP) is 0.801. The van der Waals surface area contributed by atoms with Gasteiger partial charge in [0.1, 0.15) is 22.8 Å². The third-order valence-corrected chi connectivity index (χ3v) is 9.00. The molecule has 15 nitrogen and oxygen atoms in total. The Kier molecular flexibility index (Phi) is 6.95. The summed E-state index contributed by atoms with van der Waals surface area (Å²) < 4.78 is 1.17. The maximum absolute atomic E-state index is 13.6. The highest BCUT2D eigenvalue weighted by molar-refractivity contribution is 5.98. The van der Waals surface area contributed by atoms with Gasteiger partial charge in [0, 0.05) is 25.7 Å². The number of carboxylic acids is 1. The van der Waals surface area contributed by atoms with Crippen LogP contribution in [0, 0.1) is 6.92 Å². The first-order valence-electron chi connectivity index (χ1n) is 14.9. The number of hydrogen-bond acceptors (Lipinski definition) is 11. The largest absolute Gasteiger partial charge is 0.478 e. The molecule has 2 aromatic heterocycles. The van der Waals surface area contributed by atoms with Crippen LogP contribution in [0.2, 0.25) is 0 Å². The Balaban J connectivity index is 1.09. The summed E-state index contributed by atoms with van der Waals surface area (Å²) >= 11 is 0. The van der Waals surface area contributed by atoms with Crippen LogP contribution in [0.4, 0.5) is 17.3 Å². The summed E-state index contributed by atoms with van der Waals surface area (Å²) in [5.74, 6) is -2.24. The van der Waals surface area contributed by atoms with Crippen molar-refractivity contribution in [2.75, 3.05) is 22.9 Å². The van der Waals surface area contributed by atoms with Gasteiger partial charge in [0.15, 0.2) is 0 Å². The summed E-state index contributed by atoms with van der Waals surface area (Å²) in [6.07, 6.45) is 1.85. The summed E-state index contributed by atoms with van der Waals surface area (Å²) in [4.78, 5) is 72.3. The molecule has 47 heavy (non-hydrogen) atoms.